The summed E-state index contributed by atoms with van der Waals surface area (Å²) in [5.41, 5.74) is 0.546. The number of carbonyl (C=O) groups is 1. The Morgan fingerprint density at radius 2 is 2.10 bits per heavy atom. The summed E-state index contributed by atoms with van der Waals surface area (Å²) in [4.78, 5) is 27.9. The quantitative estimate of drug-likeness (QED) is 0.886. The fourth-order valence-electron chi connectivity index (χ4n) is 2.25. The Morgan fingerprint density at radius 3 is 2.76 bits per heavy atom. The summed E-state index contributed by atoms with van der Waals surface area (Å²) >= 11 is 0. The molecule has 0 bridgehead atoms. The molecule has 0 saturated heterocycles. The number of hydrogen-bond acceptors (Lipinski definition) is 3. The van der Waals surface area contributed by atoms with Crippen molar-refractivity contribution in [3.63, 3.8) is 0 Å². The minimum Gasteiger partial charge on any atom is -0.481 e. The first-order valence-corrected chi connectivity index (χ1v) is 7.23. The standard InChI is InChI=1S/C16H20N2O3/c1-3-11(2)10-18-14(8-9-15(19)20)17-13-7-5-4-6-12(13)16(18)21/h4-7,11H,3,8-10H2,1-2H3,(H,19,20). The topological polar surface area (TPSA) is 72.2 Å². The molecule has 1 unspecified atom stereocenters. The molecule has 21 heavy (non-hydrogen) atoms. The highest BCUT2D eigenvalue weighted by atomic mass is 16.4. The number of para-hydroxylation sites is 1. The van der Waals surface area contributed by atoms with Crippen LogP contribution in [0, 0.1) is 5.92 Å². The molecule has 1 heterocycles. The van der Waals surface area contributed by atoms with E-state index in [-0.39, 0.29) is 18.4 Å². The first-order valence-electron chi connectivity index (χ1n) is 7.23. The summed E-state index contributed by atoms with van der Waals surface area (Å²) in [5, 5.41) is 9.44. The number of benzene rings is 1. The van der Waals surface area contributed by atoms with Crippen LogP contribution < -0.4 is 5.56 Å². The van der Waals surface area contributed by atoms with E-state index in [0.717, 1.165) is 6.42 Å². The van der Waals surface area contributed by atoms with E-state index in [1.807, 2.05) is 12.1 Å². The average molecular weight is 288 g/mol. The fraction of sp³-hybridized carbons (Fsp3) is 0.438. The van der Waals surface area contributed by atoms with Gasteiger partial charge in [0.05, 0.1) is 17.3 Å². The molecular weight excluding hydrogens is 268 g/mol. The van der Waals surface area contributed by atoms with Crippen molar-refractivity contribution in [1.29, 1.82) is 0 Å². The van der Waals surface area contributed by atoms with Gasteiger partial charge in [0.2, 0.25) is 0 Å². The Bertz CT molecular complexity index is 706. The molecule has 0 fully saturated rings. The summed E-state index contributed by atoms with van der Waals surface area (Å²) in [6.45, 7) is 4.71. The molecule has 1 atom stereocenters. The molecule has 0 aliphatic carbocycles. The zero-order valence-electron chi connectivity index (χ0n) is 12.4. The predicted molar refractivity (Wildman–Crippen MR) is 81.4 cm³/mol. The normalized spacial score (nSPS) is 12.5. The Morgan fingerprint density at radius 1 is 1.38 bits per heavy atom. The Hall–Kier alpha value is -2.17. The first-order chi connectivity index (χ1) is 10.0. The molecule has 1 aromatic heterocycles. The van der Waals surface area contributed by atoms with Crippen molar-refractivity contribution in [1.82, 2.24) is 9.55 Å². The van der Waals surface area contributed by atoms with Gasteiger partial charge in [-0.2, -0.15) is 0 Å². The van der Waals surface area contributed by atoms with Gasteiger partial charge >= 0.3 is 5.97 Å². The van der Waals surface area contributed by atoms with Gasteiger partial charge in [-0.05, 0) is 18.1 Å². The predicted octanol–water partition coefficient (Wildman–Crippen LogP) is 2.46. The molecule has 0 aliphatic heterocycles. The number of aromatic nitrogens is 2. The second-order valence-corrected chi connectivity index (χ2v) is 5.37. The largest absolute Gasteiger partial charge is 0.481 e. The van der Waals surface area contributed by atoms with Crippen molar-refractivity contribution in [3.05, 3.63) is 40.4 Å². The minimum absolute atomic E-state index is 0.0225. The molecule has 2 aromatic rings. The molecule has 0 amide bonds. The number of aliphatic carboxylic acids is 1. The molecule has 0 radical (unpaired) electrons. The molecule has 5 nitrogen and oxygen atoms in total. The van der Waals surface area contributed by atoms with E-state index in [9.17, 15) is 9.59 Å². The van der Waals surface area contributed by atoms with Crippen LogP contribution in [-0.4, -0.2) is 20.6 Å². The Kier molecular flexibility index (Phi) is 4.73. The smallest absolute Gasteiger partial charge is 0.303 e. The number of carboxylic acids is 1. The third kappa shape index (κ3) is 3.48. The molecule has 1 N–H and O–H groups in total. The number of nitrogens with zero attached hydrogens (tertiary/aromatic N) is 2. The molecular formula is C16H20N2O3. The maximum atomic E-state index is 12.6. The van der Waals surface area contributed by atoms with Crippen molar-refractivity contribution in [2.75, 3.05) is 0 Å². The van der Waals surface area contributed by atoms with Crippen molar-refractivity contribution in [2.24, 2.45) is 5.92 Å². The summed E-state index contributed by atoms with van der Waals surface area (Å²) in [6.07, 6.45) is 1.20. The van der Waals surface area contributed by atoms with E-state index in [2.05, 4.69) is 18.8 Å². The highest BCUT2D eigenvalue weighted by Crippen LogP contribution is 2.12. The lowest BCUT2D eigenvalue weighted by Gasteiger charge is -2.16. The van der Waals surface area contributed by atoms with Gasteiger partial charge in [-0.3, -0.25) is 14.2 Å². The van der Waals surface area contributed by atoms with Crippen LogP contribution in [0.2, 0.25) is 0 Å². The molecule has 0 spiro atoms. The molecule has 112 valence electrons. The lowest BCUT2D eigenvalue weighted by molar-refractivity contribution is -0.137. The molecule has 0 saturated carbocycles. The van der Waals surface area contributed by atoms with E-state index in [1.165, 1.54) is 0 Å². The van der Waals surface area contributed by atoms with Crippen molar-refractivity contribution < 1.29 is 9.90 Å². The van der Waals surface area contributed by atoms with E-state index < -0.39 is 5.97 Å². The average Bonchev–Trinajstić information content (AvgIpc) is 2.48. The fourth-order valence-corrected chi connectivity index (χ4v) is 2.25. The van der Waals surface area contributed by atoms with Crippen molar-refractivity contribution >= 4 is 16.9 Å². The van der Waals surface area contributed by atoms with Gasteiger partial charge < -0.3 is 5.11 Å². The van der Waals surface area contributed by atoms with E-state index >= 15 is 0 Å². The minimum atomic E-state index is -0.882. The monoisotopic (exact) mass is 288 g/mol. The Labute approximate surface area is 123 Å². The molecule has 5 heteroatoms. The van der Waals surface area contributed by atoms with Crippen LogP contribution in [0.5, 0.6) is 0 Å². The second kappa shape index (κ2) is 6.52. The van der Waals surface area contributed by atoms with Gasteiger partial charge in [0.15, 0.2) is 0 Å². The summed E-state index contributed by atoms with van der Waals surface area (Å²) < 4.78 is 1.64. The number of hydrogen-bond donors (Lipinski definition) is 1. The number of rotatable bonds is 6. The van der Waals surface area contributed by atoms with Gasteiger partial charge in [0, 0.05) is 13.0 Å². The summed E-state index contributed by atoms with van der Waals surface area (Å²) in [7, 11) is 0. The van der Waals surface area contributed by atoms with Crippen LogP contribution in [0.15, 0.2) is 29.1 Å². The zero-order chi connectivity index (χ0) is 15.4. The lowest BCUT2D eigenvalue weighted by atomic mass is 10.1. The molecule has 2 rings (SSSR count). The first kappa shape index (κ1) is 15.2. The maximum Gasteiger partial charge on any atom is 0.303 e. The van der Waals surface area contributed by atoms with Gasteiger partial charge in [0.25, 0.3) is 5.56 Å². The van der Waals surface area contributed by atoms with Crippen molar-refractivity contribution in [3.8, 4) is 0 Å². The highest BCUT2D eigenvalue weighted by molar-refractivity contribution is 5.77. The third-order valence-corrected chi connectivity index (χ3v) is 3.69. The van der Waals surface area contributed by atoms with Crippen LogP contribution in [0.3, 0.4) is 0 Å². The van der Waals surface area contributed by atoms with E-state index in [0.29, 0.717) is 29.2 Å². The van der Waals surface area contributed by atoms with Crippen LogP contribution in [-0.2, 0) is 17.8 Å². The van der Waals surface area contributed by atoms with Crippen LogP contribution in [0.25, 0.3) is 10.9 Å². The lowest BCUT2D eigenvalue weighted by Crippen LogP contribution is -2.28. The van der Waals surface area contributed by atoms with Crippen molar-refractivity contribution in [2.45, 2.75) is 39.7 Å². The maximum absolute atomic E-state index is 12.6. The van der Waals surface area contributed by atoms with Crippen LogP contribution >= 0.6 is 0 Å². The number of aryl methyl sites for hydroxylation is 1. The van der Waals surface area contributed by atoms with Gasteiger partial charge in [-0.1, -0.05) is 32.4 Å². The van der Waals surface area contributed by atoms with Crippen LogP contribution in [0.4, 0.5) is 0 Å². The highest BCUT2D eigenvalue weighted by Gasteiger charge is 2.13. The van der Waals surface area contributed by atoms with Crippen LogP contribution in [0.1, 0.15) is 32.5 Å². The number of fused-ring (bicyclic) bond motifs is 1. The van der Waals surface area contributed by atoms with Gasteiger partial charge in [0.1, 0.15) is 5.82 Å². The Balaban J connectivity index is 2.53. The SMILES string of the molecule is CCC(C)Cn1c(CCC(=O)O)nc2ccccc2c1=O. The zero-order valence-corrected chi connectivity index (χ0v) is 12.4. The van der Waals surface area contributed by atoms with Gasteiger partial charge in [-0.15, -0.1) is 0 Å². The third-order valence-electron chi connectivity index (χ3n) is 3.69. The summed E-state index contributed by atoms with van der Waals surface area (Å²) in [6, 6.07) is 7.19. The molecule has 0 aliphatic rings. The number of carboxylic acid groups (broad SMARTS) is 1. The second-order valence-electron chi connectivity index (χ2n) is 5.37. The molecule has 1 aromatic carbocycles. The van der Waals surface area contributed by atoms with E-state index in [4.69, 9.17) is 5.11 Å². The van der Waals surface area contributed by atoms with Gasteiger partial charge in [-0.25, -0.2) is 4.98 Å². The van der Waals surface area contributed by atoms with E-state index in [1.54, 1.807) is 16.7 Å². The summed E-state index contributed by atoms with van der Waals surface area (Å²) in [5.74, 6) is 0.0168.